The number of benzene rings is 3. The number of imide groups is 2. The molecule has 4 rings (SSSR count). The average molecular weight is 500 g/mol. The van der Waals surface area contributed by atoms with Crippen LogP contribution < -0.4 is 25.0 Å². The molecule has 188 valence electrons. The topological polar surface area (TPSA) is 114 Å². The van der Waals surface area contributed by atoms with Crippen LogP contribution in [-0.4, -0.2) is 37.5 Å². The molecule has 0 spiro atoms. The van der Waals surface area contributed by atoms with Gasteiger partial charge in [0.1, 0.15) is 17.1 Å². The van der Waals surface area contributed by atoms with Crippen LogP contribution in [0.3, 0.4) is 0 Å². The number of nitrogens with one attached hydrogen (secondary N) is 2. The van der Waals surface area contributed by atoms with E-state index in [1.807, 2.05) is 13.8 Å². The smallest absolute Gasteiger partial charge is 0.335 e. The third kappa shape index (κ3) is 5.84. The van der Waals surface area contributed by atoms with Crippen LogP contribution in [0.4, 0.5) is 16.2 Å². The molecule has 2 N–H and O–H groups in total. The quantitative estimate of drug-likeness (QED) is 0.375. The summed E-state index contributed by atoms with van der Waals surface area (Å²) in [5.74, 6) is -0.849. The zero-order valence-corrected chi connectivity index (χ0v) is 20.5. The summed E-state index contributed by atoms with van der Waals surface area (Å²) in [5.41, 5.74) is 3.16. The van der Waals surface area contributed by atoms with Crippen LogP contribution in [-0.2, 0) is 14.4 Å². The Bertz CT molecular complexity index is 1410. The highest BCUT2D eigenvalue weighted by Crippen LogP contribution is 2.25. The van der Waals surface area contributed by atoms with Crippen molar-refractivity contribution in [2.45, 2.75) is 13.8 Å². The Hall–Kier alpha value is -4.92. The molecule has 0 aromatic heterocycles. The van der Waals surface area contributed by atoms with E-state index in [1.54, 1.807) is 73.8 Å². The number of hydrogen-bond donors (Lipinski definition) is 2. The summed E-state index contributed by atoms with van der Waals surface area (Å²) in [6.45, 7) is 3.54. The fourth-order valence-corrected chi connectivity index (χ4v) is 3.64. The van der Waals surface area contributed by atoms with Gasteiger partial charge in [0.25, 0.3) is 17.7 Å². The van der Waals surface area contributed by atoms with E-state index in [2.05, 4.69) is 10.6 Å². The van der Waals surface area contributed by atoms with Crippen LogP contribution in [0.5, 0.6) is 11.5 Å². The van der Waals surface area contributed by atoms with Gasteiger partial charge in [0.15, 0.2) is 6.61 Å². The second kappa shape index (κ2) is 10.8. The van der Waals surface area contributed by atoms with E-state index in [-0.39, 0.29) is 18.1 Å². The lowest BCUT2D eigenvalue weighted by Crippen LogP contribution is -2.54. The maximum Gasteiger partial charge on any atom is 0.335 e. The number of anilines is 2. The number of amides is 5. The molecule has 37 heavy (non-hydrogen) atoms. The molecular formula is C28H25N3O6. The first-order valence-corrected chi connectivity index (χ1v) is 11.4. The highest BCUT2D eigenvalue weighted by Gasteiger charge is 2.36. The first kappa shape index (κ1) is 25.2. The molecule has 9 heteroatoms. The second-order valence-electron chi connectivity index (χ2n) is 8.36. The molecule has 0 aliphatic carbocycles. The SMILES string of the molecule is COc1ccc(NC(=O)COc2cccc(/C=C3/C(=O)NC(=O)N(c4ccc(C)c(C)c4)C3=O)c2)cc1. The highest BCUT2D eigenvalue weighted by atomic mass is 16.5. The number of hydrogen-bond acceptors (Lipinski definition) is 6. The van der Waals surface area contributed by atoms with Gasteiger partial charge in [0.2, 0.25) is 0 Å². The molecule has 1 saturated heterocycles. The third-order valence-corrected chi connectivity index (χ3v) is 5.76. The van der Waals surface area contributed by atoms with Crippen LogP contribution >= 0.6 is 0 Å². The van der Waals surface area contributed by atoms with Crippen molar-refractivity contribution < 1.29 is 28.7 Å². The van der Waals surface area contributed by atoms with Crippen LogP contribution in [0.25, 0.3) is 6.08 Å². The largest absolute Gasteiger partial charge is 0.497 e. The summed E-state index contributed by atoms with van der Waals surface area (Å²) in [7, 11) is 1.56. The molecule has 0 bridgehead atoms. The number of methoxy groups -OCH3 is 1. The van der Waals surface area contributed by atoms with Gasteiger partial charge >= 0.3 is 6.03 Å². The zero-order valence-electron chi connectivity index (χ0n) is 20.5. The van der Waals surface area contributed by atoms with Gasteiger partial charge in [-0.1, -0.05) is 18.2 Å². The van der Waals surface area contributed by atoms with Gasteiger partial charge in [-0.15, -0.1) is 0 Å². The van der Waals surface area contributed by atoms with Crippen molar-refractivity contribution in [2.24, 2.45) is 0 Å². The number of ether oxygens (including phenoxy) is 2. The molecule has 0 radical (unpaired) electrons. The van der Waals surface area contributed by atoms with Gasteiger partial charge in [-0.05, 0) is 85.1 Å². The van der Waals surface area contributed by atoms with Crippen LogP contribution in [0.1, 0.15) is 16.7 Å². The Labute approximate surface area is 213 Å². The summed E-state index contributed by atoms with van der Waals surface area (Å²) in [4.78, 5) is 51.3. The van der Waals surface area contributed by atoms with Crippen molar-refractivity contribution >= 4 is 41.2 Å². The summed E-state index contributed by atoms with van der Waals surface area (Å²) < 4.78 is 10.7. The number of rotatable bonds is 7. The molecule has 3 aromatic rings. The molecule has 1 aliphatic heterocycles. The first-order chi connectivity index (χ1) is 17.7. The molecule has 1 fully saturated rings. The second-order valence-corrected chi connectivity index (χ2v) is 8.36. The first-order valence-electron chi connectivity index (χ1n) is 11.4. The molecule has 5 amide bonds. The molecule has 1 aliphatic rings. The number of urea groups is 1. The van der Waals surface area contributed by atoms with Crippen molar-refractivity contribution in [2.75, 3.05) is 23.9 Å². The molecular weight excluding hydrogens is 474 g/mol. The Morgan fingerprint density at radius 2 is 1.70 bits per heavy atom. The third-order valence-electron chi connectivity index (χ3n) is 5.76. The monoisotopic (exact) mass is 499 g/mol. The molecule has 0 atom stereocenters. The molecule has 1 heterocycles. The van der Waals surface area contributed by atoms with E-state index in [1.165, 1.54) is 6.08 Å². The highest BCUT2D eigenvalue weighted by molar-refractivity contribution is 6.39. The lowest BCUT2D eigenvalue weighted by molar-refractivity contribution is -0.122. The molecule has 0 saturated carbocycles. The summed E-state index contributed by atoms with van der Waals surface area (Å²) in [5, 5.41) is 4.94. The van der Waals surface area contributed by atoms with E-state index < -0.39 is 17.8 Å². The molecule has 0 unspecified atom stereocenters. The summed E-state index contributed by atoms with van der Waals surface area (Å²) >= 11 is 0. The fraction of sp³-hybridized carbons (Fsp3) is 0.143. The summed E-state index contributed by atoms with van der Waals surface area (Å²) in [6, 6.07) is 17.8. The van der Waals surface area contributed by atoms with Gasteiger partial charge in [0, 0.05) is 5.69 Å². The lowest BCUT2D eigenvalue weighted by Gasteiger charge is -2.26. The van der Waals surface area contributed by atoms with Crippen LogP contribution in [0, 0.1) is 13.8 Å². The van der Waals surface area contributed by atoms with Gasteiger partial charge in [-0.3, -0.25) is 19.7 Å². The van der Waals surface area contributed by atoms with Crippen LogP contribution in [0.15, 0.2) is 72.3 Å². The van der Waals surface area contributed by atoms with E-state index in [9.17, 15) is 19.2 Å². The van der Waals surface area contributed by atoms with E-state index in [0.29, 0.717) is 28.4 Å². The van der Waals surface area contributed by atoms with Gasteiger partial charge in [-0.25, -0.2) is 9.69 Å². The van der Waals surface area contributed by atoms with Crippen molar-refractivity contribution in [3.63, 3.8) is 0 Å². The number of carbonyl (C=O) groups is 4. The van der Waals surface area contributed by atoms with Gasteiger partial charge in [0.05, 0.1) is 12.8 Å². The lowest BCUT2D eigenvalue weighted by atomic mass is 10.0. The Morgan fingerprint density at radius 3 is 2.41 bits per heavy atom. The summed E-state index contributed by atoms with van der Waals surface area (Å²) in [6.07, 6.45) is 1.38. The van der Waals surface area contributed by atoms with E-state index >= 15 is 0 Å². The number of barbiturate groups is 1. The van der Waals surface area contributed by atoms with Crippen molar-refractivity contribution in [1.82, 2.24) is 5.32 Å². The minimum absolute atomic E-state index is 0.202. The van der Waals surface area contributed by atoms with Gasteiger partial charge < -0.3 is 14.8 Å². The van der Waals surface area contributed by atoms with Gasteiger partial charge in [-0.2, -0.15) is 0 Å². The predicted octanol–water partition coefficient (Wildman–Crippen LogP) is 4.00. The number of nitrogens with zero attached hydrogens (tertiary/aromatic N) is 1. The average Bonchev–Trinajstić information content (AvgIpc) is 2.88. The molecule has 3 aromatic carbocycles. The van der Waals surface area contributed by atoms with E-state index in [0.717, 1.165) is 16.0 Å². The normalized spacial score (nSPS) is 14.4. The van der Waals surface area contributed by atoms with Crippen LogP contribution in [0.2, 0.25) is 0 Å². The standard InChI is InChI=1S/C28H25N3O6/c1-17-7-10-21(13-18(17)2)31-27(34)24(26(33)30-28(31)35)15-19-5-4-6-23(14-19)37-16-25(32)29-20-8-11-22(36-3)12-9-20/h4-15H,16H2,1-3H3,(H,29,32)(H,30,33,35)/b24-15-. The molecule has 9 nitrogen and oxygen atoms in total. The number of aryl methyl sites for hydroxylation is 2. The Morgan fingerprint density at radius 1 is 0.946 bits per heavy atom. The Balaban J connectivity index is 1.47. The maximum atomic E-state index is 13.1. The van der Waals surface area contributed by atoms with Crippen molar-refractivity contribution in [1.29, 1.82) is 0 Å². The number of carbonyl (C=O) groups excluding carboxylic acids is 4. The van der Waals surface area contributed by atoms with Crippen molar-refractivity contribution in [3.05, 3.63) is 89.0 Å². The zero-order chi connectivity index (χ0) is 26.5. The maximum absolute atomic E-state index is 13.1. The van der Waals surface area contributed by atoms with E-state index in [4.69, 9.17) is 9.47 Å². The minimum Gasteiger partial charge on any atom is -0.497 e. The predicted molar refractivity (Wildman–Crippen MR) is 138 cm³/mol. The fourth-order valence-electron chi connectivity index (χ4n) is 3.64. The Kier molecular flexibility index (Phi) is 7.34. The minimum atomic E-state index is -0.810. The van der Waals surface area contributed by atoms with Crippen molar-refractivity contribution in [3.8, 4) is 11.5 Å².